The zero-order chi connectivity index (χ0) is 9.40. The Bertz CT molecular complexity index is 101. The zero-order valence-electron chi connectivity index (χ0n) is 8.59. The summed E-state index contributed by atoms with van der Waals surface area (Å²) in [5.74, 6) is 1.16. The number of thioether (sulfide) groups is 1. The fourth-order valence-electron chi connectivity index (χ4n) is 1.13. The Morgan fingerprint density at radius 3 is 2.50 bits per heavy atom. The van der Waals surface area contributed by atoms with Gasteiger partial charge in [0.25, 0.3) is 0 Å². The van der Waals surface area contributed by atoms with Crippen molar-refractivity contribution in [1.82, 2.24) is 5.32 Å². The van der Waals surface area contributed by atoms with E-state index in [1.54, 1.807) is 0 Å². The van der Waals surface area contributed by atoms with Crippen molar-refractivity contribution >= 4 is 11.8 Å². The summed E-state index contributed by atoms with van der Waals surface area (Å²) >= 11 is 1.87. The molecule has 0 aromatic heterocycles. The molecule has 0 aliphatic carbocycles. The van der Waals surface area contributed by atoms with Gasteiger partial charge in [0.2, 0.25) is 0 Å². The van der Waals surface area contributed by atoms with Crippen molar-refractivity contribution in [3.63, 3.8) is 0 Å². The van der Waals surface area contributed by atoms with E-state index >= 15 is 0 Å². The lowest BCUT2D eigenvalue weighted by Crippen LogP contribution is -2.38. The molecule has 12 heavy (non-hydrogen) atoms. The lowest BCUT2D eigenvalue weighted by molar-refractivity contribution is 0.125. The van der Waals surface area contributed by atoms with Crippen LogP contribution in [0.25, 0.3) is 0 Å². The van der Waals surface area contributed by atoms with Gasteiger partial charge in [0.15, 0.2) is 0 Å². The van der Waals surface area contributed by atoms with Gasteiger partial charge in [-0.2, -0.15) is 11.8 Å². The summed E-state index contributed by atoms with van der Waals surface area (Å²) in [5, 5.41) is 3.47. The summed E-state index contributed by atoms with van der Waals surface area (Å²) < 4.78 is 5.30. The molecule has 0 spiro atoms. The lowest BCUT2D eigenvalue weighted by Gasteiger charge is -2.18. The summed E-state index contributed by atoms with van der Waals surface area (Å²) in [6.45, 7) is 8.02. The molecular weight excluding hydrogens is 170 g/mol. The standard InChI is InChI=1S/C9H21NOS/c1-5-11-6-8(2)10-9(3)7-12-4/h8-10H,5-7H2,1-4H3. The van der Waals surface area contributed by atoms with E-state index in [4.69, 9.17) is 4.74 Å². The Morgan fingerprint density at radius 1 is 1.33 bits per heavy atom. The molecular formula is C9H21NOS. The molecule has 0 fully saturated rings. The van der Waals surface area contributed by atoms with Crippen LogP contribution in [-0.4, -0.2) is 37.3 Å². The lowest BCUT2D eigenvalue weighted by atomic mass is 10.3. The molecule has 0 saturated carbocycles. The molecule has 0 saturated heterocycles. The molecule has 0 amide bonds. The van der Waals surface area contributed by atoms with Gasteiger partial charge in [-0.25, -0.2) is 0 Å². The van der Waals surface area contributed by atoms with E-state index in [1.165, 1.54) is 0 Å². The molecule has 0 bridgehead atoms. The number of nitrogens with one attached hydrogen (secondary N) is 1. The molecule has 0 aliphatic rings. The molecule has 0 rings (SSSR count). The van der Waals surface area contributed by atoms with Crippen LogP contribution < -0.4 is 5.32 Å². The van der Waals surface area contributed by atoms with E-state index in [1.807, 2.05) is 18.7 Å². The van der Waals surface area contributed by atoms with E-state index in [0.717, 1.165) is 19.0 Å². The van der Waals surface area contributed by atoms with E-state index < -0.39 is 0 Å². The summed E-state index contributed by atoms with van der Waals surface area (Å²) in [7, 11) is 0. The minimum Gasteiger partial charge on any atom is -0.380 e. The molecule has 2 nitrogen and oxygen atoms in total. The van der Waals surface area contributed by atoms with Crippen molar-refractivity contribution in [2.75, 3.05) is 25.2 Å². The molecule has 3 heteroatoms. The van der Waals surface area contributed by atoms with E-state index in [0.29, 0.717) is 12.1 Å². The molecule has 1 N–H and O–H groups in total. The summed E-state index contributed by atoms with van der Waals surface area (Å²) in [4.78, 5) is 0. The third-order valence-electron chi connectivity index (χ3n) is 1.56. The van der Waals surface area contributed by atoms with Crippen LogP contribution in [0, 0.1) is 0 Å². The number of hydrogen-bond acceptors (Lipinski definition) is 3. The highest BCUT2D eigenvalue weighted by Crippen LogP contribution is 1.97. The SMILES string of the molecule is CCOCC(C)NC(C)CSC. The molecule has 0 heterocycles. The second-order valence-electron chi connectivity index (χ2n) is 3.08. The van der Waals surface area contributed by atoms with Crippen molar-refractivity contribution in [3.8, 4) is 0 Å². The highest BCUT2D eigenvalue weighted by Gasteiger charge is 2.05. The van der Waals surface area contributed by atoms with Crippen molar-refractivity contribution in [2.45, 2.75) is 32.9 Å². The van der Waals surface area contributed by atoms with Crippen LogP contribution in [0.1, 0.15) is 20.8 Å². The fraction of sp³-hybridized carbons (Fsp3) is 1.00. The number of ether oxygens (including phenoxy) is 1. The van der Waals surface area contributed by atoms with Crippen molar-refractivity contribution in [2.24, 2.45) is 0 Å². The minimum absolute atomic E-state index is 0.465. The van der Waals surface area contributed by atoms with Crippen LogP contribution in [0.15, 0.2) is 0 Å². The third-order valence-corrected chi connectivity index (χ3v) is 2.39. The van der Waals surface area contributed by atoms with Gasteiger partial charge in [-0.05, 0) is 27.0 Å². The maximum absolute atomic E-state index is 5.30. The summed E-state index contributed by atoms with van der Waals surface area (Å²) in [5.41, 5.74) is 0. The van der Waals surface area contributed by atoms with Gasteiger partial charge in [0.1, 0.15) is 0 Å². The first-order valence-corrected chi connectivity index (χ1v) is 5.92. The zero-order valence-corrected chi connectivity index (χ0v) is 9.41. The quantitative estimate of drug-likeness (QED) is 0.662. The van der Waals surface area contributed by atoms with E-state index in [-0.39, 0.29) is 0 Å². The van der Waals surface area contributed by atoms with E-state index in [9.17, 15) is 0 Å². The largest absolute Gasteiger partial charge is 0.380 e. The molecule has 2 atom stereocenters. The first kappa shape index (κ1) is 12.3. The topological polar surface area (TPSA) is 21.3 Å². The first-order valence-electron chi connectivity index (χ1n) is 4.53. The van der Waals surface area contributed by atoms with Gasteiger partial charge < -0.3 is 10.1 Å². The molecule has 0 aliphatic heterocycles. The first-order chi connectivity index (χ1) is 5.70. The fourth-order valence-corrected chi connectivity index (χ4v) is 1.72. The number of rotatable bonds is 7. The van der Waals surface area contributed by atoms with Crippen LogP contribution in [0.5, 0.6) is 0 Å². The normalized spacial score (nSPS) is 16.0. The van der Waals surface area contributed by atoms with Crippen LogP contribution in [0.4, 0.5) is 0 Å². The summed E-state index contributed by atoms with van der Waals surface area (Å²) in [6.07, 6.45) is 2.13. The smallest absolute Gasteiger partial charge is 0.0616 e. The molecule has 2 unspecified atom stereocenters. The highest BCUT2D eigenvalue weighted by atomic mass is 32.2. The van der Waals surface area contributed by atoms with Gasteiger partial charge in [-0.3, -0.25) is 0 Å². The molecule has 0 radical (unpaired) electrons. The third kappa shape index (κ3) is 6.95. The second kappa shape index (κ2) is 7.90. The second-order valence-corrected chi connectivity index (χ2v) is 3.99. The minimum atomic E-state index is 0.465. The predicted octanol–water partition coefficient (Wildman–Crippen LogP) is 1.75. The van der Waals surface area contributed by atoms with Gasteiger partial charge >= 0.3 is 0 Å². The average Bonchev–Trinajstić information content (AvgIpc) is 2.01. The Hall–Kier alpha value is 0.270. The van der Waals surface area contributed by atoms with Gasteiger partial charge in [0.05, 0.1) is 6.61 Å². The highest BCUT2D eigenvalue weighted by molar-refractivity contribution is 7.98. The predicted molar refractivity (Wildman–Crippen MR) is 56.9 cm³/mol. The Balaban J connectivity index is 3.33. The van der Waals surface area contributed by atoms with Gasteiger partial charge in [0, 0.05) is 24.4 Å². The van der Waals surface area contributed by atoms with Crippen LogP contribution in [-0.2, 0) is 4.74 Å². The van der Waals surface area contributed by atoms with Gasteiger partial charge in [-0.15, -0.1) is 0 Å². The number of hydrogen-bond donors (Lipinski definition) is 1. The van der Waals surface area contributed by atoms with E-state index in [2.05, 4.69) is 25.4 Å². The van der Waals surface area contributed by atoms with Crippen molar-refractivity contribution in [1.29, 1.82) is 0 Å². The maximum atomic E-state index is 5.30. The summed E-state index contributed by atoms with van der Waals surface area (Å²) in [6, 6.07) is 1.04. The Morgan fingerprint density at radius 2 is 2.00 bits per heavy atom. The van der Waals surface area contributed by atoms with Crippen molar-refractivity contribution < 1.29 is 4.74 Å². The van der Waals surface area contributed by atoms with Crippen LogP contribution in [0.3, 0.4) is 0 Å². The molecule has 0 aromatic carbocycles. The Kier molecular flexibility index (Phi) is 8.07. The molecule has 0 aromatic rings. The Labute approximate surface area is 80.4 Å². The maximum Gasteiger partial charge on any atom is 0.0616 e. The van der Waals surface area contributed by atoms with Crippen molar-refractivity contribution in [3.05, 3.63) is 0 Å². The van der Waals surface area contributed by atoms with Gasteiger partial charge in [-0.1, -0.05) is 0 Å². The average molecular weight is 191 g/mol. The van der Waals surface area contributed by atoms with Crippen LogP contribution in [0.2, 0.25) is 0 Å². The molecule has 74 valence electrons. The monoisotopic (exact) mass is 191 g/mol. The van der Waals surface area contributed by atoms with Crippen LogP contribution >= 0.6 is 11.8 Å².